The van der Waals surface area contributed by atoms with Crippen molar-refractivity contribution >= 4 is 17.7 Å². The van der Waals surface area contributed by atoms with Crippen molar-refractivity contribution in [2.45, 2.75) is 9.92 Å². The molecule has 6 heteroatoms. The Morgan fingerprint density at radius 1 is 1.47 bits per heavy atom. The topological polar surface area (TPSA) is 81.0 Å². The van der Waals surface area contributed by atoms with Crippen LogP contribution in [0.25, 0.3) is 0 Å². The molecular formula is C11H11N3O2S. The number of amides is 1. The van der Waals surface area contributed by atoms with Crippen molar-refractivity contribution < 1.29 is 9.53 Å². The van der Waals surface area contributed by atoms with E-state index in [1.807, 2.05) is 12.1 Å². The fraction of sp³-hybridized carbons (Fsp3) is 0.0909. The molecule has 1 aromatic heterocycles. The van der Waals surface area contributed by atoms with Gasteiger partial charge in [-0.05, 0) is 12.1 Å². The highest BCUT2D eigenvalue weighted by Crippen LogP contribution is 2.29. The Balaban J connectivity index is 2.26. The van der Waals surface area contributed by atoms with Gasteiger partial charge in [0.1, 0.15) is 0 Å². The highest BCUT2D eigenvalue weighted by atomic mass is 32.2. The monoisotopic (exact) mass is 249 g/mol. The molecule has 0 aliphatic heterocycles. The van der Waals surface area contributed by atoms with Crippen LogP contribution in [0.2, 0.25) is 0 Å². The Morgan fingerprint density at radius 2 is 2.24 bits per heavy atom. The lowest BCUT2D eigenvalue weighted by atomic mass is 10.2. The van der Waals surface area contributed by atoms with E-state index in [-0.39, 0.29) is 0 Å². The summed E-state index contributed by atoms with van der Waals surface area (Å²) in [5, 5.41) is 0.788. The quantitative estimate of drug-likeness (QED) is 0.863. The van der Waals surface area contributed by atoms with Gasteiger partial charge in [-0.2, -0.15) is 0 Å². The lowest BCUT2D eigenvalue weighted by Crippen LogP contribution is -2.11. The molecule has 0 aliphatic rings. The summed E-state index contributed by atoms with van der Waals surface area (Å²) in [6, 6.07) is 7.58. The fourth-order valence-electron chi connectivity index (χ4n) is 1.32. The second-order valence-electron chi connectivity index (χ2n) is 3.22. The number of primary amides is 1. The zero-order chi connectivity index (χ0) is 12.3. The smallest absolute Gasteiger partial charge is 0.294 e. The lowest BCUT2D eigenvalue weighted by Gasteiger charge is -2.03. The summed E-state index contributed by atoms with van der Waals surface area (Å²) < 4.78 is 4.94. The predicted molar refractivity (Wildman–Crippen MR) is 64.2 cm³/mol. The Bertz CT molecular complexity index is 539. The highest BCUT2D eigenvalue weighted by Gasteiger charge is 2.10. The molecule has 17 heavy (non-hydrogen) atoms. The highest BCUT2D eigenvalue weighted by molar-refractivity contribution is 7.99. The average Bonchev–Trinajstić information content (AvgIpc) is 2.77. The number of nitrogens with one attached hydrogen (secondary N) is 1. The molecule has 0 fully saturated rings. The van der Waals surface area contributed by atoms with Crippen LogP contribution in [-0.4, -0.2) is 23.0 Å². The number of carbonyl (C=O) groups excluding carboxylic acids is 1. The van der Waals surface area contributed by atoms with Gasteiger partial charge in [0.2, 0.25) is 5.91 Å². The van der Waals surface area contributed by atoms with Crippen molar-refractivity contribution in [3.05, 3.63) is 36.0 Å². The molecule has 0 saturated carbocycles. The number of hydrogen-bond acceptors (Lipinski definition) is 4. The van der Waals surface area contributed by atoms with E-state index in [1.165, 1.54) is 18.9 Å². The fourth-order valence-corrected chi connectivity index (χ4v) is 2.23. The molecule has 0 bridgehead atoms. The number of carbonyl (C=O) groups is 1. The van der Waals surface area contributed by atoms with Crippen LogP contribution in [0.3, 0.4) is 0 Å². The summed E-state index contributed by atoms with van der Waals surface area (Å²) in [6.45, 7) is 0. The first-order chi connectivity index (χ1) is 8.20. The number of rotatable bonds is 4. The standard InChI is InChI=1S/C11H11N3O2S/c1-16-11-13-6-9(14-11)17-8-5-3-2-4-7(8)10(12)15/h2-6H,1H3,(H2,12,15)(H,13,14). The molecule has 0 radical (unpaired) electrons. The summed E-state index contributed by atoms with van der Waals surface area (Å²) in [6.07, 6.45) is 1.64. The number of imidazole rings is 1. The molecule has 1 heterocycles. The van der Waals surface area contributed by atoms with Crippen molar-refractivity contribution in [1.29, 1.82) is 0 Å². The van der Waals surface area contributed by atoms with Crippen LogP contribution in [0.1, 0.15) is 10.4 Å². The molecule has 3 N–H and O–H groups in total. The molecular weight excluding hydrogens is 238 g/mol. The first-order valence-electron chi connectivity index (χ1n) is 4.86. The summed E-state index contributed by atoms with van der Waals surface area (Å²) in [5.74, 6) is -0.445. The van der Waals surface area contributed by atoms with Crippen molar-refractivity contribution in [3.8, 4) is 6.01 Å². The van der Waals surface area contributed by atoms with E-state index in [2.05, 4.69) is 9.97 Å². The molecule has 2 rings (SSSR count). The number of H-pyrrole nitrogens is 1. The van der Waals surface area contributed by atoms with Crippen LogP contribution in [0.4, 0.5) is 0 Å². The zero-order valence-electron chi connectivity index (χ0n) is 9.14. The molecule has 5 nitrogen and oxygen atoms in total. The minimum absolute atomic E-state index is 0.434. The van der Waals surface area contributed by atoms with Gasteiger partial charge in [0.05, 0.1) is 23.9 Å². The number of nitrogens with two attached hydrogens (primary N) is 1. The van der Waals surface area contributed by atoms with Crippen LogP contribution in [0.15, 0.2) is 40.4 Å². The SMILES string of the molecule is COc1ncc(Sc2ccccc2C(N)=O)[nH]1. The van der Waals surface area contributed by atoms with E-state index in [0.717, 1.165) is 9.92 Å². The van der Waals surface area contributed by atoms with E-state index in [9.17, 15) is 4.79 Å². The molecule has 0 atom stereocenters. The van der Waals surface area contributed by atoms with Gasteiger partial charge in [0.25, 0.3) is 6.01 Å². The maximum Gasteiger partial charge on any atom is 0.294 e. The van der Waals surface area contributed by atoms with E-state index in [4.69, 9.17) is 10.5 Å². The lowest BCUT2D eigenvalue weighted by molar-refractivity contribution is 0.0997. The Labute approximate surface area is 102 Å². The third-order valence-corrected chi connectivity index (χ3v) is 3.10. The van der Waals surface area contributed by atoms with Gasteiger partial charge in [-0.25, -0.2) is 4.98 Å². The Kier molecular flexibility index (Phi) is 3.34. The summed E-state index contributed by atoms with van der Waals surface area (Å²) in [4.78, 5) is 19.0. The first kappa shape index (κ1) is 11.5. The molecule has 0 saturated heterocycles. The van der Waals surface area contributed by atoms with Gasteiger partial charge in [0.15, 0.2) is 0 Å². The molecule has 1 amide bonds. The predicted octanol–water partition coefficient (Wildman–Crippen LogP) is 1.67. The number of benzene rings is 1. The zero-order valence-corrected chi connectivity index (χ0v) is 9.95. The maximum atomic E-state index is 11.2. The van der Waals surface area contributed by atoms with E-state index in [1.54, 1.807) is 18.3 Å². The number of hydrogen-bond donors (Lipinski definition) is 2. The first-order valence-corrected chi connectivity index (χ1v) is 5.68. The molecule has 0 spiro atoms. The molecule has 0 unspecified atom stereocenters. The molecule has 2 aromatic rings. The van der Waals surface area contributed by atoms with Crippen LogP contribution < -0.4 is 10.5 Å². The summed E-state index contributed by atoms with van der Waals surface area (Å²) in [5.41, 5.74) is 5.79. The van der Waals surface area contributed by atoms with E-state index >= 15 is 0 Å². The van der Waals surface area contributed by atoms with Gasteiger partial charge in [0, 0.05) is 4.90 Å². The van der Waals surface area contributed by atoms with Crippen LogP contribution >= 0.6 is 11.8 Å². The van der Waals surface area contributed by atoms with Crippen molar-refractivity contribution in [2.75, 3.05) is 7.11 Å². The van der Waals surface area contributed by atoms with E-state index in [0.29, 0.717) is 11.6 Å². The van der Waals surface area contributed by atoms with Crippen molar-refractivity contribution in [1.82, 2.24) is 9.97 Å². The number of aromatic nitrogens is 2. The van der Waals surface area contributed by atoms with E-state index < -0.39 is 5.91 Å². The number of methoxy groups -OCH3 is 1. The number of nitrogens with zero attached hydrogens (tertiary/aromatic N) is 1. The molecule has 0 aliphatic carbocycles. The normalized spacial score (nSPS) is 10.2. The minimum atomic E-state index is -0.445. The third-order valence-electron chi connectivity index (χ3n) is 2.09. The third kappa shape index (κ3) is 2.59. The number of ether oxygens (including phenoxy) is 1. The van der Waals surface area contributed by atoms with Gasteiger partial charge in [-0.3, -0.25) is 4.79 Å². The van der Waals surface area contributed by atoms with Gasteiger partial charge < -0.3 is 15.5 Å². The second kappa shape index (κ2) is 4.92. The Hall–Kier alpha value is -1.95. The van der Waals surface area contributed by atoms with Crippen LogP contribution in [-0.2, 0) is 0 Å². The second-order valence-corrected chi connectivity index (χ2v) is 4.30. The van der Waals surface area contributed by atoms with Crippen LogP contribution in [0.5, 0.6) is 6.01 Å². The van der Waals surface area contributed by atoms with Gasteiger partial charge >= 0.3 is 0 Å². The largest absolute Gasteiger partial charge is 0.468 e. The minimum Gasteiger partial charge on any atom is -0.468 e. The summed E-state index contributed by atoms with van der Waals surface area (Å²) >= 11 is 1.38. The summed E-state index contributed by atoms with van der Waals surface area (Å²) in [7, 11) is 1.53. The molecule has 88 valence electrons. The van der Waals surface area contributed by atoms with Crippen LogP contribution in [0, 0.1) is 0 Å². The van der Waals surface area contributed by atoms with Gasteiger partial charge in [-0.15, -0.1) is 0 Å². The van der Waals surface area contributed by atoms with Gasteiger partial charge in [-0.1, -0.05) is 23.9 Å². The average molecular weight is 249 g/mol. The Morgan fingerprint density at radius 3 is 2.88 bits per heavy atom. The van der Waals surface area contributed by atoms with Crippen molar-refractivity contribution in [3.63, 3.8) is 0 Å². The van der Waals surface area contributed by atoms with Crippen molar-refractivity contribution in [2.24, 2.45) is 5.73 Å². The number of aromatic amines is 1. The molecule has 1 aromatic carbocycles. The maximum absolute atomic E-state index is 11.2.